The predicted octanol–water partition coefficient (Wildman–Crippen LogP) is 4.40. The lowest BCUT2D eigenvalue weighted by molar-refractivity contribution is -0.156. The molecule has 2 aromatic carbocycles. The molecule has 6 heteroatoms. The Morgan fingerprint density at radius 2 is 1.93 bits per heavy atom. The lowest BCUT2D eigenvalue weighted by Gasteiger charge is -2.46. The number of ether oxygens (including phenoxy) is 1. The maximum absolute atomic E-state index is 13.3. The molecule has 1 fully saturated rings. The molecule has 4 nitrogen and oxygen atoms in total. The van der Waals surface area contributed by atoms with E-state index in [0.717, 1.165) is 23.1 Å². The monoisotopic (exact) mass is 403 g/mol. The van der Waals surface area contributed by atoms with Gasteiger partial charge in [0.25, 0.3) is 0 Å². The summed E-state index contributed by atoms with van der Waals surface area (Å²) in [5, 5.41) is 1.14. The number of methoxy groups -OCH3 is 1. The van der Waals surface area contributed by atoms with E-state index < -0.39 is 11.8 Å². The highest BCUT2D eigenvalue weighted by atomic mass is 35.5. The molecular formula is C21H19Cl2NO3. The van der Waals surface area contributed by atoms with Crippen molar-refractivity contribution in [3.05, 3.63) is 69.2 Å². The third kappa shape index (κ3) is 3.11. The number of carbonyl (C=O) groups is 2. The fraction of sp³-hybridized carbons (Fsp3) is 0.333. The molecule has 0 N–H and O–H groups in total. The number of benzene rings is 2. The third-order valence-electron chi connectivity index (χ3n) is 5.62. The topological polar surface area (TPSA) is 46.6 Å². The van der Waals surface area contributed by atoms with Gasteiger partial charge in [-0.2, -0.15) is 0 Å². The second-order valence-electron chi connectivity index (χ2n) is 7.01. The zero-order chi connectivity index (χ0) is 19.1. The molecule has 1 saturated heterocycles. The van der Waals surface area contributed by atoms with Crippen molar-refractivity contribution in [1.29, 1.82) is 0 Å². The van der Waals surface area contributed by atoms with E-state index in [4.69, 9.17) is 27.9 Å². The first-order valence-corrected chi connectivity index (χ1v) is 9.68. The van der Waals surface area contributed by atoms with Crippen molar-refractivity contribution in [2.45, 2.75) is 24.8 Å². The third-order valence-corrected chi connectivity index (χ3v) is 6.20. The summed E-state index contributed by atoms with van der Waals surface area (Å²) >= 11 is 12.6. The van der Waals surface area contributed by atoms with Gasteiger partial charge in [0.1, 0.15) is 0 Å². The number of rotatable bonds is 2. The van der Waals surface area contributed by atoms with Crippen LogP contribution >= 0.6 is 23.2 Å². The quantitative estimate of drug-likeness (QED) is 0.698. The van der Waals surface area contributed by atoms with E-state index in [-0.39, 0.29) is 17.9 Å². The highest BCUT2D eigenvalue weighted by molar-refractivity contribution is 6.31. The van der Waals surface area contributed by atoms with Crippen LogP contribution in [0.3, 0.4) is 0 Å². The summed E-state index contributed by atoms with van der Waals surface area (Å²) in [7, 11) is 1.38. The molecular weight excluding hydrogens is 385 g/mol. The Kier molecular flexibility index (Phi) is 4.87. The van der Waals surface area contributed by atoms with E-state index in [1.807, 2.05) is 36.4 Å². The van der Waals surface area contributed by atoms with E-state index in [1.54, 1.807) is 11.0 Å². The number of hydrogen-bond donors (Lipinski definition) is 0. The molecule has 0 spiro atoms. The Morgan fingerprint density at radius 1 is 1.15 bits per heavy atom. The van der Waals surface area contributed by atoms with Gasteiger partial charge in [0, 0.05) is 16.6 Å². The van der Waals surface area contributed by atoms with Crippen molar-refractivity contribution < 1.29 is 14.3 Å². The van der Waals surface area contributed by atoms with E-state index in [2.05, 4.69) is 0 Å². The molecule has 0 aliphatic carbocycles. The Hall–Kier alpha value is -2.04. The molecule has 0 bridgehead atoms. The standard InChI is InChI=1S/C21H19Cl2NO3/c1-27-21(26)17-11-16(14-4-2-3-5-18(14)23)20(25)24-9-8-12-6-7-13(22)10-15(12)19(17)24/h2-7,10,16-17,19H,8-9,11H2,1H3. The van der Waals surface area contributed by atoms with Crippen LogP contribution < -0.4 is 0 Å². The molecule has 2 heterocycles. The zero-order valence-electron chi connectivity index (χ0n) is 14.8. The van der Waals surface area contributed by atoms with Crippen molar-refractivity contribution in [3.8, 4) is 0 Å². The van der Waals surface area contributed by atoms with E-state index in [1.165, 1.54) is 7.11 Å². The first-order chi connectivity index (χ1) is 13.0. The average Bonchev–Trinajstić information content (AvgIpc) is 2.68. The Morgan fingerprint density at radius 3 is 2.67 bits per heavy atom. The summed E-state index contributed by atoms with van der Waals surface area (Å²) in [6.07, 6.45) is 1.10. The minimum absolute atomic E-state index is 0.00104. The smallest absolute Gasteiger partial charge is 0.311 e. The summed E-state index contributed by atoms with van der Waals surface area (Å²) < 4.78 is 5.09. The highest BCUT2D eigenvalue weighted by Gasteiger charge is 2.48. The number of esters is 1. The molecule has 2 aliphatic rings. The number of carbonyl (C=O) groups excluding carboxylic acids is 2. The molecule has 1 amide bonds. The van der Waals surface area contributed by atoms with Crippen LogP contribution in [0.25, 0.3) is 0 Å². The van der Waals surface area contributed by atoms with Crippen LogP contribution in [0.1, 0.15) is 35.1 Å². The van der Waals surface area contributed by atoms with Crippen LogP contribution in [0.15, 0.2) is 42.5 Å². The van der Waals surface area contributed by atoms with Gasteiger partial charge in [-0.15, -0.1) is 0 Å². The van der Waals surface area contributed by atoms with Gasteiger partial charge in [0.2, 0.25) is 5.91 Å². The molecule has 140 valence electrons. The molecule has 3 unspecified atom stereocenters. The van der Waals surface area contributed by atoms with Gasteiger partial charge in [-0.1, -0.05) is 47.5 Å². The van der Waals surface area contributed by atoms with Crippen LogP contribution in [0.4, 0.5) is 0 Å². The maximum Gasteiger partial charge on any atom is 0.311 e. The van der Waals surface area contributed by atoms with Crippen molar-refractivity contribution >= 4 is 35.1 Å². The summed E-state index contributed by atoms with van der Waals surface area (Å²) in [6, 6.07) is 12.7. The van der Waals surface area contributed by atoms with E-state index >= 15 is 0 Å². The largest absolute Gasteiger partial charge is 0.469 e. The zero-order valence-corrected chi connectivity index (χ0v) is 16.3. The number of piperidine rings is 1. The van der Waals surface area contributed by atoms with Gasteiger partial charge in [-0.25, -0.2) is 0 Å². The summed E-state index contributed by atoms with van der Waals surface area (Å²) in [6.45, 7) is 0.562. The maximum atomic E-state index is 13.3. The van der Waals surface area contributed by atoms with Crippen molar-refractivity contribution in [2.24, 2.45) is 5.92 Å². The SMILES string of the molecule is COC(=O)C1CC(c2ccccc2Cl)C(=O)N2CCc3ccc(Cl)cc3C12. The van der Waals surface area contributed by atoms with E-state index in [0.29, 0.717) is 23.0 Å². The Bertz CT molecular complexity index is 914. The second-order valence-corrected chi connectivity index (χ2v) is 7.85. The molecule has 0 radical (unpaired) electrons. The number of halogens is 2. The van der Waals surface area contributed by atoms with E-state index in [9.17, 15) is 9.59 Å². The van der Waals surface area contributed by atoms with Crippen molar-refractivity contribution in [1.82, 2.24) is 4.90 Å². The fourth-order valence-electron chi connectivity index (χ4n) is 4.38. The number of amides is 1. The van der Waals surface area contributed by atoms with Crippen LogP contribution in [-0.4, -0.2) is 30.4 Å². The predicted molar refractivity (Wildman–Crippen MR) is 104 cm³/mol. The first kappa shape index (κ1) is 18.3. The fourth-order valence-corrected chi connectivity index (χ4v) is 4.82. The normalized spacial score (nSPS) is 24.2. The summed E-state index contributed by atoms with van der Waals surface area (Å²) in [4.78, 5) is 27.8. The molecule has 3 atom stereocenters. The average molecular weight is 404 g/mol. The molecule has 4 rings (SSSR count). The lowest BCUT2D eigenvalue weighted by Crippen LogP contribution is -2.51. The molecule has 0 saturated carbocycles. The summed E-state index contributed by atoms with van der Waals surface area (Å²) in [5.41, 5.74) is 2.82. The van der Waals surface area contributed by atoms with Crippen LogP contribution in [0, 0.1) is 5.92 Å². The summed E-state index contributed by atoms with van der Waals surface area (Å²) in [5.74, 6) is -1.24. The van der Waals surface area contributed by atoms with Gasteiger partial charge in [-0.3, -0.25) is 9.59 Å². The van der Waals surface area contributed by atoms with Crippen LogP contribution in [0.5, 0.6) is 0 Å². The molecule has 2 aliphatic heterocycles. The molecule has 0 aromatic heterocycles. The van der Waals surface area contributed by atoms with Crippen LogP contribution in [0.2, 0.25) is 10.0 Å². The van der Waals surface area contributed by atoms with Gasteiger partial charge in [0.15, 0.2) is 0 Å². The molecule has 2 aromatic rings. The van der Waals surface area contributed by atoms with Gasteiger partial charge < -0.3 is 9.64 Å². The number of fused-ring (bicyclic) bond motifs is 3. The number of hydrogen-bond acceptors (Lipinski definition) is 3. The minimum Gasteiger partial charge on any atom is -0.469 e. The van der Waals surface area contributed by atoms with Crippen LogP contribution in [-0.2, 0) is 20.7 Å². The number of nitrogens with zero attached hydrogens (tertiary/aromatic N) is 1. The molecule has 27 heavy (non-hydrogen) atoms. The highest BCUT2D eigenvalue weighted by Crippen LogP contribution is 2.47. The van der Waals surface area contributed by atoms with Gasteiger partial charge in [0.05, 0.1) is 25.0 Å². The minimum atomic E-state index is -0.466. The van der Waals surface area contributed by atoms with Crippen molar-refractivity contribution in [3.63, 3.8) is 0 Å². The Labute approximate surface area is 168 Å². The second kappa shape index (κ2) is 7.17. The first-order valence-electron chi connectivity index (χ1n) is 8.92. The van der Waals surface area contributed by atoms with Crippen molar-refractivity contribution in [2.75, 3.05) is 13.7 Å². The van der Waals surface area contributed by atoms with Gasteiger partial charge in [-0.05, 0) is 47.7 Å². The lowest BCUT2D eigenvalue weighted by atomic mass is 9.74. The van der Waals surface area contributed by atoms with Gasteiger partial charge >= 0.3 is 5.97 Å². The Balaban J connectivity index is 1.81.